The van der Waals surface area contributed by atoms with Gasteiger partial charge in [-0.1, -0.05) is 127 Å². The van der Waals surface area contributed by atoms with Crippen LogP contribution in [0, 0.1) is 0 Å². The van der Waals surface area contributed by atoms with E-state index >= 15 is 0 Å². The lowest BCUT2D eigenvalue weighted by molar-refractivity contribution is -0.114. The zero-order chi connectivity index (χ0) is 34.6. The molecule has 0 radical (unpaired) electrons. The average Bonchev–Trinajstić information content (AvgIpc) is 3.18. The van der Waals surface area contributed by atoms with Gasteiger partial charge in [-0.05, 0) is 92.7 Å². The van der Waals surface area contributed by atoms with E-state index in [0.717, 1.165) is 55.4 Å². The minimum absolute atomic E-state index is 0.241. The number of pyridine rings is 1. The molecule has 0 spiro atoms. The highest BCUT2D eigenvalue weighted by Crippen LogP contribution is 2.41. The Hall–Kier alpha value is -5.91. The minimum Gasteiger partial charge on any atom is -0.489 e. The van der Waals surface area contributed by atoms with E-state index in [1.54, 1.807) is 0 Å². The normalized spacial score (nSPS) is 12.5. The van der Waals surface area contributed by atoms with Crippen LogP contribution < -0.4 is 9.47 Å². The highest BCUT2D eigenvalue weighted by Gasteiger charge is 2.41. The summed E-state index contributed by atoms with van der Waals surface area (Å²) in [6.07, 6.45) is 0.426. The van der Waals surface area contributed by atoms with Crippen LogP contribution in [0.1, 0.15) is 27.9 Å². The maximum Gasteiger partial charge on any atom is 0.201 e. The van der Waals surface area contributed by atoms with Crippen molar-refractivity contribution in [2.24, 2.45) is 0 Å². The topological polar surface area (TPSA) is 48.4 Å². The minimum atomic E-state index is -1.08. The predicted molar refractivity (Wildman–Crippen MR) is 210 cm³/mol. The Labute approximate surface area is 302 Å². The summed E-state index contributed by atoms with van der Waals surface area (Å²) in [5, 5.41) is 5.46. The number of carbonyl (C=O) groups is 1. The molecule has 0 saturated carbocycles. The molecule has 1 heterocycles. The van der Waals surface area contributed by atoms with Gasteiger partial charge in [-0.2, -0.15) is 0 Å². The summed E-state index contributed by atoms with van der Waals surface area (Å²) >= 11 is 4.61. The van der Waals surface area contributed by atoms with Crippen molar-refractivity contribution in [3.8, 4) is 11.5 Å². The molecule has 1 atom stereocenters. The molecule has 4 nitrogen and oxygen atoms in total. The van der Waals surface area contributed by atoms with Crippen molar-refractivity contribution in [2.45, 2.75) is 25.0 Å². The first-order valence-corrected chi connectivity index (χ1v) is 17.5. The molecule has 1 unspecified atom stereocenters. The molecule has 0 fully saturated rings. The predicted octanol–water partition coefficient (Wildman–Crippen LogP) is 10.7. The number of para-hydroxylation sites is 1. The van der Waals surface area contributed by atoms with E-state index in [4.69, 9.17) is 14.5 Å². The van der Waals surface area contributed by atoms with E-state index < -0.39 is 5.41 Å². The van der Waals surface area contributed by atoms with Crippen LogP contribution in [0.2, 0.25) is 0 Å². The number of fused-ring (bicyclic) bond motifs is 3. The van der Waals surface area contributed by atoms with E-state index in [1.807, 2.05) is 109 Å². The van der Waals surface area contributed by atoms with Gasteiger partial charge in [0.2, 0.25) is 5.12 Å². The highest BCUT2D eigenvalue weighted by atomic mass is 32.1. The van der Waals surface area contributed by atoms with Gasteiger partial charge < -0.3 is 9.47 Å². The molecule has 0 bridgehead atoms. The summed E-state index contributed by atoms with van der Waals surface area (Å²) in [7, 11) is 0. The highest BCUT2D eigenvalue weighted by molar-refractivity contribution is 7.96. The van der Waals surface area contributed by atoms with Gasteiger partial charge in [0, 0.05) is 5.39 Å². The number of aromatic nitrogens is 1. The third-order valence-electron chi connectivity index (χ3n) is 9.66. The molecule has 1 aromatic heterocycles. The number of hydrogen-bond donors (Lipinski definition) is 1. The van der Waals surface area contributed by atoms with Gasteiger partial charge in [0.1, 0.15) is 24.7 Å². The van der Waals surface area contributed by atoms with Crippen LogP contribution in [-0.2, 0) is 29.8 Å². The second-order valence-electron chi connectivity index (χ2n) is 12.8. The van der Waals surface area contributed by atoms with Crippen molar-refractivity contribution in [3.05, 3.63) is 198 Å². The molecule has 8 rings (SSSR count). The number of nitrogens with zero attached hydrogens (tertiary/aromatic N) is 1. The fourth-order valence-corrected chi connectivity index (χ4v) is 7.28. The van der Waals surface area contributed by atoms with Crippen molar-refractivity contribution >= 4 is 50.2 Å². The lowest BCUT2D eigenvalue weighted by Crippen LogP contribution is -2.37. The standard InChI is InChI=1S/C46H35NO3S/c48-45(51)46(29-37-13-7-12-34-9-3-5-14-43(34)37,38-19-24-41(25-20-38)49-30-32-16-17-33-8-1-2-11-36(33)28-32)39-21-26-42(27-22-39)50-31-40-23-18-35-10-4-6-15-44(35)47-40/h1-28H,29-31H2,(H,48,51). The van der Waals surface area contributed by atoms with E-state index in [-0.39, 0.29) is 5.12 Å². The van der Waals surface area contributed by atoms with Crippen LogP contribution in [0.15, 0.2) is 170 Å². The molecular weight excluding hydrogens is 647 g/mol. The van der Waals surface area contributed by atoms with E-state index in [2.05, 4.69) is 73.3 Å². The summed E-state index contributed by atoms with van der Waals surface area (Å²) in [5.74, 6) is 1.42. The molecule has 0 N–H and O–H groups in total. The SMILES string of the molecule is O=C(S)C(Cc1cccc2ccccc12)(c1ccc(OCc2ccc3ccccc3c2)cc1)c1ccc(OCc2ccc3ccccc3n2)cc1. The van der Waals surface area contributed by atoms with Gasteiger partial charge in [0.15, 0.2) is 0 Å². The first-order chi connectivity index (χ1) is 25.0. The van der Waals surface area contributed by atoms with Crippen molar-refractivity contribution < 1.29 is 14.3 Å². The van der Waals surface area contributed by atoms with E-state index in [1.165, 1.54) is 10.8 Å². The maximum atomic E-state index is 14.0. The van der Waals surface area contributed by atoms with Gasteiger partial charge in [0.25, 0.3) is 0 Å². The Kier molecular flexibility index (Phi) is 8.96. The third-order valence-corrected chi connectivity index (χ3v) is 10.0. The molecule has 0 aliphatic heterocycles. The van der Waals surface area contributed by atoms with Gasteiger partial charge in [-0.3, -0.25) is 4.79 Å². The molecule has 0 aliphatic carbocycles. The molecule has 51 heavy (non-hydrogen) atoms. The number of thiol groups is 1. The second kappa shape index (κ2) is 14.1. The van der Waals surface area contributed by atoms with Crippen molar-refractivity contribution in [2.75, 3.05) is 0 Å². The van der Waals surface area contributed by atoms with E-state index in [0.29, 0.717) is 25.4 Å². The second-order valence-corrected chi connectivity index (χ2v) is 13.2. The Bertz CT molecular complexity index is 2360. The molecule has 7 aromatic carbocycles. The summed E-state index contributed by atoms with van der Waals surface area (Å²) < 4.78 is 12.4. The van der Waals surface area contributed by atoms with Crippen molar-refractivity contribution in [1.82, 2.24) is 4.98 Å². The number of carbonyl (C=O) groups excluding carboxylic acids is 1. The van der Waals surface area contributed by atoms with Gasteiger partial charge in [0.05, 0.1) is 16.6 Å². The van der Waals surface area contributed by atoms with Gasteiger partial charge in [-0.25, -0.2) is 4.98 Å². The Balaban J connectivity index is 1.10. The Morgan fingerprint density at radius 1 is 0.549 bits per heavy atom. The molecular formula is C46H35NO3S. The third kappa shape index (κ3) is 6.69. The average molecular weight is 682 g/mol. The molecule has 0 aliphatic rings. The lowest BCUT2D eigenvalue weighted by Gasteiger charge is -2.33. The quantitative estimate of drug-likeness (QED) is 0.138. The largest absolute Gasteiger partial charge is 0.489 e. The molecule has 248 valence electrons. The molecule has 0 saturated heterocycles. The van der Waals surface area contributed by atoms with Crippen LogP contribution in [-0.4, -0.2) is 10.1 Å². The van der Waals surface area contributed by atoms with Crippen LogP contribution >= 0.6 is 12.6 Å². The van der Waals surface area contributed by atoms with Crippen LogP contribution in [0.4, 0.5) is 0 Å². The van der Waals surface area contributed by atoms with Gasteiger partial charge in [-0.15, -0.1) is 12.6 Å². The van der Waals surface area contributed by atoms with Crippen LogP contribution in [0.25, 0.3) is 32.4 Å². The van der Waals surface area contributed by atoms with Gasteiger partial charge >= 0.3 is 0 Å². The zero-order valence-electron chi connectivity index (χ0n) is 27.9. The summed E-state index contributed by atoms with van der Waals surface area (Å²) in [4.78, 5) is 18.7. The first kappa shape index (κ1) is 32.3. The first-order valence-electron chi connectivity index (χ1n) is 17.0. The number of benzene rings is 7. The van der Waals surface area contributed by atoms with Crippen molar-refractivity contribution in [1.29, 1.82) is 0 Å². The van der Waals surface area contributed by atoms with E-state index in [9.17, 15) is 4.79 Å². The summed E-state index contributed by atoms with van der Waals surface area (Å²) in [6, 6.07) is 57.0. The number of rotatable bonds is 11. The van der Waals surface area contributed by atoms with Crippen molar-refractivity contribution in [3.63, 3.8) is 0 Å². The smallest absolute Gasteiger partial charge is 0.201 e. The summed E-state index contributed by atoms with van der Waals surface area (Å²) in [6.45, 7) is 0.768. The molecule has 8 aromatic rings. The molecule has 0 amide bonds. The maximum absolute atomic E-state index is 14.0. The fraction of sp³-hybridized carbons (Fsp3) is 0.0870. The Morgan fingerprint density at radius 3 is 1.86 bits per heavy atom. The monoisotopic (exact) mass is 681 g/mol. The zero-order valence-corrected chi connectivity index (χ0v) is 28.8. The fourth-order valence-electron chi connectivity index (χ4n) is 6.94. The number of ether oxygens (including phenoxy) is 2. The number of hydrogen-bond acceptors (Lipinski definition) is 4. The Morgan fingerprint density at radius 2 is 1.14 bits per heavy atom. The molecule has 5 heteroatoms. The van der Waals surface area contributed by atoms with Crippen LogP contribution in [0.5, 0.6) is 11.5 Å². The summed E-state index contributed by atoms with van der Waals surface area (Å²) in [5.41, 5.74) is 4.52. The van der Waals surface area contributed by atoms with Crippen LogP contribution in [0.3, 0.4) is 0 Å². The lowest BCUT2D eigenvalue weighted by atomic mass is 9.70.